The number of nitrogen functional groups attached to an aromatic ring is 1. The van der Waals surface area contributed by atoms with E-state index in [1.54, 1.807) is 0 Å². The van der Waals surface area contributed by atoms with Crippen molar-refractivity contribution in [1.82, 2.24) is 15.0 Å². The van der Waals surface area contributed by atoms with Crippen LogP contribution in [0.5, 0.6) is 0 Å². The maximum Gasteiger partial charge on any atom is 0.296 e. The summed E-state index contributed by atoms with van der Waals surface area (Å²) in [5.74, 6) is -2.22. The van der Waals surface area contributed by atoms with Gasteiger partial charge in [-0.3, -0.25) is 23.2 Å². The van der Waals surface area contributed by atoms with E-state index in [9.17, 15) is 48.5 Å². The van der Waals surface area contributed by atoms with Crippen molar-refractivity contribution in [3.8, 4) is 0 Å². The molecule has 0 saturated carbocycles. The van der Waals surface area contributed by atoms with E-state index < -0.39 is 73.1 Å². The van der Waals surface area contributed by atoms with Crippen LogP contribution in [-0.2, 0) is 30.4 Å². The summed E-state index contributed by atoms with van der Waals surface area (Å²) in [5.41, 5.74) is 3.67. The van der Waals surface area contributed by atoms with Gasteiger partial charge in [0.25, 0.3) is 30.4 Å². The Morgan fingerprint density at radius 3 is 1.67 bits per heavy atom. The minimum atomic E-state index is -5.11. The number of halogens is 1. The zero-order valence-electron chi connectivity index (χ0n) is 27.8. The van der Waals surface area contributed by atoms with E-state index in [0.717, 1.165) is 12.1 Å². The van der Waals surface area contributed by atoms with E-state index >= 15 is 0 Å². The first-order valence-electron chi connectivity index (χ1n) is 15.1. The van der Waals surface area contributed by atoms with Crippen molar-refractivity contribution in [2.24, 2.45) is 0 Å². The maximum atomic E-state index is 13.9. The fourth-order valence-corrected chi connectivity index (χ4v) is 8.62. The largest absolute Gasteiger partial charge is 0.397 e. The molecule has 6 rings (SSSR count). The molecule has 0 aliphatic heterocycles. The van der Waals surface area contributed by atoms with Gasteiger partial charge in [0.2, 0.25) is 17.2 Å². The predicted molar refractivity (Wildman–Crippen MR) is 195 cm³/mol. The van der Waals surface area contributed by atoms with Crippen LogP contribution in [0.1, 0.15) is 48.5 Å². The van der Waals surface area contributed by atoms with Gasteiger partial charge >= 0.3 is 0 Å². The highest BCUT2D eigenvalue weighted by atomic mass is 35.5. The van der Waals surface area contributed by atoms with Gasteiger partial charge < -0.3 is 21.7 Å². The summed E-state index contributed by atoms with van der Waals surface area (Å²) >= 11 is 6.16. The first-order valence-corrected chi connectivity index (χ1v) is 19.8. The molecule has 0 atom stereocenters. The molecule has 0 unspecified atom stereocenters. The minimum absolute atomic E-state index is 0.0364. The van der Waals surface area contributed by atoms with E-state index in [-0.39, 0.29) is 68.0 Å². The normalized spacial score (nSPS) is 12.9. The first kappa shape index (κ1) is 38.2. The second-order valence-corrected chi connectivity index (χ2v) is 16.3. The van der Waals surface area contributed by atoms with Gasteiger partial charge in [-0.2, -0.15) is 40.2 Å². The van der Waals surface area contributed by atoms with Gasteiger partial charge in [-0.25, -0.2) is 0 Å². The van der Waals surface area contributed by atoms with Crippen molar-refractivity contribution in [3.05, 3.63) is 98.8 Å². The summed E-state index contributed by atoms with van der Waals surface area (Å²) in [7, 11) is -14.8. The molecule has 1 heterocycles. The zero-order valence-corrected chi connectivity index (χ0v) is 31.0. The molecule has 1 aliphatic rings. The lowest BCUT2D eigenvalue weighted by atomic mass is 9.82. The Morgan fingerprint density at radius 1 is 0.611 bits per heavy atom. The van der Waals surface area contributed by atoms with Gasteiger partial charge in [0.05, 0.1) is 33.9 Å². The number of para-hydroxylation sites is 1. The fourth-order valence-electron chi connectivity index (χ4n) is 6.19. The number of carbonyl (C=O) groups is 2. The third-order valence-corrected chi connectivity index (χ3v) is 11.5. The number of anilines is 7. The van der Waals surface area contributed by atoms with Crippen LogP contribution in [0, 0.1) is 20.8 Å². The lowest BCUT2D eigenvalue weighted by Crippen LogP contribution is -2.25. The van der Waals surface area contributed by atoms with Crippen LogP contribution in [0.25, 0.3) is 0 Å². The van der Waals surface area contributed by atoms with Gasteiger partial charge in [-0.1, -0.05) is 36.4 Å². The average molecular weight is 816 g/mol. The third kappa shape index (κ3) is 6.84. The first-order chi connectivity index (χ1) is 25.1. The second-order valence-electron chi connectivity index (χ2n) is 11.8. The molecule has 0 fully saturated rings. The number of benzene rings is 4. The smallest absolute Gasteiger partial charge is 0.296 e. The van der Waals surface area contributed by atoms with Crippen molar-refractivity contribution < 1.29 is 48.5 Å². The van der Waals surface area contributed by atoms with E-state index in [1.807, 2.05) is 0 Å². The van der Waals surface area contributed by atoms with E-state index in [4.69, 9.17) is 17.3 Å². The fraction of sp³-hybridized carbons (Fsp3) is 0.0938. The number of aromatic nitrogens is 3. The topological polar surface area (TPSA) is 298 Å². The number of ketones is 2. The molecular formula is C32H26ClN7O11S3. The SMILES string of the molecule is Cc1c(Nc2nc(Cl)nc(Nc3ccccc3S(=O)(=O)O)n2)c(C)c(S(=O)(=O)O)c(C)c1Nc1cc(S(=O)(=O)O)c(N)c2c1C(=O)c1ccccc1C2=O. The molecule has 0 saturated heterocycles. The molecule has 0 amide bonds. The molecule has 0 bridgehead atoms. The van der Waals surface area contributed by atoms with Crippen LogP contribution >= 0.6 is 11.6 Å². The summed E-state index contributed by atoms with van der Waals surface area (Å²) < 4.78 is 105. The number of nitrogens with two attached hydrogens (primary N) is 1. The third-order valence-electron chi connectivity index (χ3n) is 8.43. The molecule has 0 spiro atoms. The number of fused-ring (bicyclic) bond motifs is 2. The maximum absolute atomic E-state index is 13.9. The summed E-state index contributed by atoms with van der Waals surface area (Å²) in [6.07, 6.45) is 0. The van der Waals surface area contributed by atoms with E-state index in [1.165, 1.54) is 63.2 Å². The molecule has 4 aromatic carbocycles. The monoisotopic (exact) mass is 815 g/mol. The van der Waals surface area contributed by atoms with Crippen molar-refractivity contribution in [2.75, 3.05) is 21.7 Å². The van der Waals surface area contributed by atoms with Crippen LogP contribution < -0.4 is 21.7 Å². The average Bonchev–Trinajstić information content (AvgIpc) is 3.06. The van der Waals surface area contributed by atoms with Crippen LogP contribution in [0.3, 0.4) is 0 Å². The number of carbonyl (C=O) groups excluding carboxylic acids is 2. The van der Waals surface area contributed by atoms with Crippen molar-refractivity contribution in [2.45, 2.75) is 35.5 Å². The summed E-state index contributed by atoms with van der Waals surface area (Å²) in [6, 6.07) is 11.8. The van der Waals surface area contributed by atoms with Crippen molar-refractivity contribution in [3.63, 3.8) is 0 Å². The Hall–Kier alpha value is -5.55. The van der Waals surface area contributed by atoms with Crippen LogP contribution in [0.2, 0.25) is 5.28 Å². The number of rotatable bonds is 9. The summed E-state index contributed by atoms with van der Waals surface area (Å²) in [6.45, 7) is 4.11. The molecule has 18 nitrogen and oxygen atoms in total. The molecule has 1 aromatic heterocycles. The van der Waals surface area contributed by atoms with E-state index in [2.05, 4.69) is 30.9 Å². The number of hydrogen-bond acceptors (Lipinski definition) is 15. The number of nitrogens with zero attached hydrogens (tertiary/aromatic N) is 3. The zero-order chi connectivity index (χ0) is 39.7. The quantitative estimate of drug-likeness (QED) is 0.0763. The minimum Gasteiger partial charge on any atom is -0.397 e. The van der Waals surface area contributed by atoms with Gasteiger partial charge in [0.15, 0.2) is 11.6 Å². The summed E-state index contributed by atoms with van der Waals surface area (Å²) in [4.78, 5) is 37.6. The van der Waals surface area contributed by atoms with Gasteiger partial charge in [0.1, 0.15) is 14.7 Å². The lowest BCUT2D eigenvalue weighted by Gasteiger charge is -2.26. The molecule has 22 heteroatoms. The van der Waals surface area contributed by atoms with E-state index in [0.29, 0.717) is 0 Å². The molecule has 280 valence electrons. The Morgan fingerprint density at radius 2 is 1.11 bits per heavy atom. The summed E-state index contributed by atoms with van der Waals surface area (Å²) in [5, 5.41) is 7.84. The van der Waals surface area contributed by atoms with Crippen LogP contribution in [0.4, 0.5) is 40.3 Å². The Kier molecular flexibility index (Phi) is 9.47. The van der Waals surface area contributed by atoms with Gasteiger partial charge in [-0.15, -0.1) is 0 Å². The molecular weight excluding hydrogens is 790 g/mol. The van der Waals surface area contributed by atoms with Crippen molar-refractivity contribution >= 4 is 93.9 Å². The highest BCUT2D eigenvalue weighted by molar-refractivity contribution is 7.86. The molecule has 54 heavy (non-hydrogen) atoms. The number of hydrogen-bond donors (Lipinski definition) is 7. The molecule has 1 aliphatic carbocycles. The van der Waals surface area contributed by atoms with Gasteiger partial charge in [0, 0.05) is 16.8 Å². The van der Waals surface area contributed by atoms with Gasteiger partial charge in [-0.05, 0) is 67.3 Å². The predicted octanol–water partition coefficient (Wildman–Crippen LogP) is 4.78. The van der Waals surface area contributed by atoms with Crippen LogP contribution in [0.15, 0.2) is 69.3 Å². The Labute approximate surface area is 312 Å². The Bertz CT molecular complexity index is 2830. The van der Waals surface area contributed by atoms with Crippen molar-refractivity contribution in [1.29, 1.82) is 0 Å². The van der Waals surface area contributed by atoms with Crippen LogP contribution in [-0.4, -0.2) is 65.4 Å². The molecule has 0 radical (unpaired) electrons. The standard InChI is InChI=1S/C32H26ClN7O11S3/c1-13-25(35-19-12-21(53(46,47)48)24(34)23-22(19)27(41)16-8-4-5-9-17(16)28(23)42)14(2)29(54(49,50)51)15(3)26(13)37-32-39-30(33)38-31(40-32)36-18-10-6-7-11-20(18)52(43,44)45/h4-12,35H,34H2,1-3H3,(H,43,44,45)(H,46,47,48)(H,49,50,51)(H2,36,37,38,39,40). The highest BCUT2D eigenvalue weighted by Gasteiger charge is 2.37. The lowest BCUT2D eigenvalue weighted by molar-refractivity contribution is 0.0980. The highest BCUT2D eigenvalue weighted by Crippen LogP contribution is 2.44. The number of nitrogens with one attached hydrogen (secondary N) is 3. The molecule has 8 N–H and O–H groups in total. The second kappa shape index (κ2) is 13.4. The Balaban J connectivity index is 1.54. The molecule has 5 aromatic rings.